The van der Waals surface area contributed by atoms with E-state index in [9.17, 15) is 8.78 Å². The summed E-state index contributed by atoms with van der Waals surface area (Å²) in [5, 5.41) is 0. The molecule has 1 nitrogen and oxygen atoms in total. The predicted molar refractivity (Wildman–Crippen MR) is 53.4 cm³/mol. The molecule has 14 heavy (non-hydrogen) atoms. The van der Waals surface area contributed by atoms with Gasteiger partial charge in [0.15, 0.2) is 0 Å². The maximum atomic E-state index is 12.3. The average molecular weight is 199 g/mol. The number of benzene rings is 1. The lowest BCUT2D eigenvalue weighted by atomic mass is 9.95. The summed E-state index contributed by atoms with van der Waals surface area (Å²) < 4.78 is 24.7. The lowest BCUT2D eigenvalue weighted by Crippen LogP contribution is -2.34. The van der Waals surface area contributed by atoms with Crippen molar-refractivity contribution >= 4 is 0 Å². The third-order valence-electron chi connectivity index (χ3n) is 1.86. The molecule has 0 heterocycles. The van der Waals surface area contributed by atoms with Crippen LogP contribution in [0.25, 0.3) is 0 Å². The first-order valence-electron chi connectivity index (χ1n) is 4.54. The Morgan fingerprint density at radius 1 is 1.36 bits per heavy atom. The zero-order chi connectivity index (χ0) is 10.8. The Morgan fingerprint density at radius 2 is 2.00 bits per heavy atom. The van der Waals surface area contributed by atoms with E-state index in [4.69, 9.17) is 5.73 Å². The Morgan fingerprint density at radius 3 is 2.50 bits per heavy atom. The van der Waals surface area contributed by atoms with Crippen molar-refractivity contribution in [3.8, 4) is 0 Å². The third kappa shape index (κ3) is 3.42. The largest absolute Gasteiger partial charge is 0.325 e. The Hall–Kier alpha value is -0.960. The lowest BCUT2D eigenvalue weighted by Gasteiger charge is -2.18. The number of nitrogens with two attached hydrogens (primary N) is 1. The van der Waals surface area contributed by atoms with E-state index in [-0.39, 0.29) is 11.1 Å². The number of hydrogen-bond acceptors (Lipinski definition) is 1. The molecule has 0 spiro atoms. The first-order chi connectivity index (χ1) is 6.38. The van der Waals surface area contributed by atoms with Crippen molar-refractivity contribution in [2.45, 2.75) is 32.2 Å². The van der Waals surface area contributed by atoms with E-state index in [0.29, 0.717) is 6.42 Å². The molecule has 0 saturated carbocycles. The van der Waals surface area contributed by atoms with Gasteiger partial charge in [-0.3, -0.25) is 0 Å². The van der Waals surface area contributed by atoms with Gasteiger partial charge in [-0.25, -0.2) is 8.78 Å². The zero-order valence-corrected chi connectivity index (χ0v) is 8.43. The van der Waals surface area contributed by atoms with Crippen molar-refractivity contribution in [3.63, 3.8) is 0 Å². The molecule has 1 aromatic carbocycles. The van der Waals surface area contributed by atoms with E-state index in [1.165, 1.54) is 12.1 Å². The Kier molecular flexibility index (Phi) is 3.21. The minimum atomic E-state index is -2.41. The van der Waals surface area contributed by atoms with Crippen molar-refractivity contribution in [2.24, 2.45) is 5.73 Å². The molecule has 0 aromatic heterocycles. The summed E-state index contributed by atoms with van der Waals surface area (Å²) in [5.41, 5.74) is 6.36. The summed E-state index contributed by atoms with van der Waals surface area (Å²) in [5.74, 6) is 0. The summed E-state index contributed by atoms with van der Waals surface area (Å²) >= 11 is 0. The van der Waals surface area contributed by atoms with E-state index in [1.54, 1.807) is 6.07 Å². The van der Waals surface area contributed by atoms with E-state index in [2.05, 4.69) is 0 Å². The third-order valence-corrected chi connectivity index (χ3v) is 1.86. The minimum absolute atomic E-state index is 0.0618. The second kappa shape index (κ2) is 4.05. The van der Waals surface area contributed by atoms with Crippen LogP contribution in [0, 0.1) is 0 Å². The van der Waals surface area contributed by atoms with Crippen molar-refractivity contribution in [2.75, 3.05) is 0 Å². The quantitative estimate of drug-likeness (QED) is 0.795. The molecule has 78 valence electrons. The highest BCUT2D eigenvalue weighted by Gasteiger charge is 2.13. The smallest absolute Gasteiger partial charge is 0.263 e. The molecule has 0 bridgehead atoms. The van der Waals surface area contributed by atoms with E-state index in [0.717, 1.165) is 5.56 Å². The van der Waals surface area contributed by atoms with Crippen molar-refractivity contribution in [1.29, 1.82) is 0 Å². The van der Waals surface area contributed by atoms with Crippen LogP contribution in [0.3, 0.4) is 0 Å². The molecule has 0 aliphatic carbocycles. The molecular formula is C11H15F2N. The molecule has 2 N–H and O–H groups in total. The minimum Gasteiger partial charge on any atom is -0.325 e. The van der Waals surface area contributed by atoms with Crippen LogP contribution in [0.2, 0.25) is 0 Å². The van der Waals surface area contributed by atoms with Gasteiger partial charge in [-0.1, -0.05) is 24.3 Å². The molecule has 0 atom stereocenters. The van der Waals surface area contributed by atoms with E-state index < -0.39 is 6.43 Å². The maximum absolute atomic E-state index is 12.3. The van der Waals surface area contributed by atoms with E-state index >= 15 is 0 Å². The Balaban J connectivity index is 2.84. The highest BCUT2D eigenvalue weighted by atomic mass is 19.3. The SMILES string of the molecule is CC(C)(N)Cc1cccc(C(F)F)c1. The summed E-state index contributed by atoms with van der Waals surface area (Å²) in [6, 6.07) is 6.40. The maximum Gasteiger partial charge on any atom is 0.263 e. The molecule has 0 saturated heterocycles. The summed E-state index contributed by atoms with van der Waals surface area (Å²) in [7, 11) is 0. The topological polar surface area (TPSA) is 26.0 Å². The first-order valence-corrected chi connectivity index (χ1v) is 4.54. The molecule has 0 unspecified atom stereocenters. The van der Waals surface area contributed by atoms with Crippen LogP contribution in [0.4, 0.5) is 8.78 Å². The van der Waals surface area contributed by atoms with Gasteiger partial charge in [0.05, 0.1) is 0 Å². The van der Waals surface area contributed by atoms with Crippen LogP contribution in [0.15, 0.2) is 24.3 Å². The van der Waals surface area contributed by atoms with Gasteiger partial charge in [-0.15, -0.1) is 0 Å². The van der Waals surface area contributed by atoms with Crippen LogP contribution < -0.4 is 5.73 Å². The number of hydrogen-bond donors (Lipinski definition) is 1. The monoisotopic (exact) mass is 199 g/mol. The number of rotatable bonds is 3. The summed E-state index contributed by atoms with van der Waals surface area (Å²) in [6.45, 7) is 3.75. The van der Waals surface area contributed by atoms with Gasteiger partial charge in [0.1, 0.15) is 0 Å². The predicted octanol–water partition coefficient (Wildman–Crippen LogP) is 2.90. The number of halogens is 2. The van der Waals surface area contributed by atoms with Gasteiger partial charge in [0.25, 0.3) is 6.43 Å². The van der Waals surface area contributed by atoms with Gasteiger partial charge in [-0.05, 0) is 25.8 Å². The lowest BCUT2D eigenvalue weighted by molar-refractivity contribution is 0.151. The van der Waals surface area contributed by atoms with Crippen molar-refractivity contribution in [3.05, 3.63) is 35.4 Å². The molecule has 0 aliphatic heterocycles. The molecule has 1 aromatic rings. The van der Waals surface area contributed by atoms with Crippen LogP contribution >= 0.6 is 0 Å². The second-order valence-corrected chi connectivity index (χ2v) is 4.21. The molecule has 3 heteroatoms. The fourth-order valence-electron chi connectivity index (χ4n) is 1.36. The van der Waals surface area contributed by atoms with Gasteiger partial charge >= 0.3 is 0 Å². The normalized spacial score (nSPS) is 12.1. The molecule has 0 fully saturated rings. The zero-order valence-electron chi connectivity index (χ0n) is 8.43. The van der Waals surface area contributed by atoms with Crippen LogP contribution in [-0.4, -0.2) is 5.54 Å². The van der Waals surface area contributed by atoms with E-state index in [1.807, 2.05) is 19.9 Å². The standard InChI is InChI=1S/C11H15F2N/c1-11(2,14)7-8-4-3-5-9(6-8)10(12)13/h3-6,10H,7,14H2,1-2H3. The van der Waals surface area contributed by atoms with Crippen LogP contribution in [0.1, 0.15) is 31.4 Å². The summed E-state index contributed by atoms with van der Waals surface area (Å²) in [6.07, 6.45) is -1.80. The second-order valence-electron chi connectivity index (χ2n) is 4.21. The molecule has 0 radical (unpaired) electrons. The molecule has 0 amide bonds. The summed E-state index contributed by atoms with van der Waals surface area (Å²) in [4.78, 5) is 0. The van der Waals surface area contributed by atoms with Crippen molar-refractivity contribution in [1.82, 2.24) is 0 Å². The van der Waals surface area contributed by atoms with Gasteiger partial charge in [0, 0.05) is 11.1 Å². The fourth-order valence-corrected chi connectivity index (χ4v) is 1.36. The van der Waals surface area contributed by atoms with Crippen LogP contribution in [0.5, 0.6) is 0 Å². The highest BCUT2D eigenvalue weighted by Crippen LogP contribution is 2.20. The van der Waals surface area contributed by atoms with Crippen molar-refractivity contribution < 1.29 is 8.78 Å². The molecular weight excluding hydrogens is 184 g/mol. The first kappa shape index (κ1) is 11.1. The Labute approximate surface area is 82.9 Å². The number of alkyl halides is 2. The van der Waals surface area contributed by atoms with Gasteiger partial charge in [0.2, 0.25) is 0 Å². The molecule has 0 aliphatic rings. The molecule has 1 rings (SSSR count). The fraction of sp³-hybridized carbons (Fsp3) is 0.455. The highest BCUT2D eigenvalue weighted by molar-refractivity contribution is 5.25. The van der Waals surface area contributed by atoms with Crippen LogP contribution in [-0.2, 0) is 6.42 Å². The average Bonchev–Trinajstić information content (AvgIpc) is 2.01. The Bertz CT molecular complexity index is 302. The van der Waals surface area contributed by atoms with Gasteiger partial charge < -0.3 is 5.73 Å². The van der Waals surface area contributed by atoms with Gasteiger partial charge in [-0.2, -0.15) is 0 Å².